The van der Waals surface area contributed by atoms with E-state index in [1.807, 2.05) is 60.7 Å². The molecule has 1 fully saturated rings. The van der Waals surface area contributed by atoms with Gasteiger partial charge in [0.2, 0.25) is 15.9 Å². The standard InChI is InChI=1S/C26H36N2O3S/c1-21(2)19-25(23-14-7-4-8-15-23)27-26(29)24-16-9-17-28(20-24)32(30,31)18-10-13-22-11-5-3-6-12-22/h3-8,11-12,14-15,21,24-25H,9-10,13,16-20H2,1-2H3,(H,27,29)/t24-,25+/m1/s1. The molecule has 1 amide bonds. The summed E-state index contributed by atoms with van der Waals surface area (Å²) >= 11 is 0. The summed E-state index contributed by atoms with van der Waals surface area (Å²) in [7, 11) is -3.37. The second-order valence-electron chi connectivity index (χ2n) is 9.20. The Kier molecular flexibility index (Phi) is 8.88. The molecule has 6 heteroatoms. The van der Waals surface area contributed by atoms with Gasteiger partial charge >= 0.3 is 0 Å². The van der Waals surface area contributed by atoms with Crippen molar-refractivity contribution in [2.24, 2.45) is 11.8 Å². The van der Waals surface area contributed by atoms with Gasteiger partial charge in [-0.15, -0.1) is 0 Å². The van der Waals surface area contributed by atoms with Crippen LogP contribution in [0.2, 0.25) is 0 Å². The number of benzene rings is 2. The normalized spacial score (nSPS) is 18.4. The Hall–Kier alpha value is -2.18. The number of amides is 1. The van der Waals surface area contributed by atoms with E-state index in [0.29, 0.717) is 18.9 Å². The van der Waals surface area contributed by atoms with E-state index in [1.165, 1.54) is 4.31 Å². The van der Waals surface area contributed by atoms with Gasteiger partial charge in [0.05, 0.1) is 17.7 Å². The van der Waals surface area contributed by atoms with Crippen LogP contribution in [0.3, 0.4) is 0 Å². The van der Waals surface area contributed by atoms with Crippen molar-refractivity contribution in [3.63, 3.8) is 0 Å². The van der Waals surface area contributed by atoms with E-state index in [1.54, 1.807) is 0 Å². The molecule has 0 aromatic heterocycles. The highest BCUT2D eigenvalue weighted by molar-refractivity contribution is 7.89. The van der Waals surface area contributed by atoms with Crippen LogP contribution < -0.4 is 5.32 Å². The first-order chi connectivity index (χ1) is 15.3. The Morgan fingerprint density at radius 3 is 2.38 bits per heavy atom. The van der Waals surface area contributed by atoms with Crippen LogP contribution in [-0.2, 0) is 21.2 Å². The average Bonchev–Trinajstić information content (AvgIpc) is 2.79. The average molecular weight is 457 g/mol. The van der Waals surface area contributed by atoms with Gasteiger partial charge in [-0.25, -0.2) is 12.7 Å². The fraction of sp³-hybridized carbons (Fsp3) is 0.500. The molecule has 5 nitrogen and oxygen atoms in total. The largest absolute Gasteiger partial charge is 0.349 e. The fourth-order valence-electron chi connectivity index (χ4n) is 4.37. The molecule has 0 unspecified atom stereocenters. The van der Waals surface area contributed by atoms with Gasteiger partial charge in [-0.2, -0.15) is 0 Å². The lowest BCUT2D eigenvalue weighted by molar-refractivity contribution is -0.127. The maximum atomic E-state index is 13.1. The number of hydrogen-bond donors (Lipinski definition) is 1. The third-order valence-electron chi connectivity index (χ3n) is 6.08. The van der Waals surface area contributed by atoms with Gasteiger partial charge in [-0.05, 0) is 49.1 Å². The van der Waals surface area contributed by atoms with Crippen molar-refractivity contribution < 1.29 is 13.2 Å². The van der Waals surface area contributed by atoms with E-state index in [4.69, 9.17) is 0 Å². The van der Waals surface area contributed by atoms with Crippen molar-refractivity contribution in [1.29, 1.82) is 0 Å². The number of nitrogens with zero attached hydrogens (tertiary/aromatic N) is 1. The van der Waals surface area contributed by atoms with E-state index >= 15 is 0 Å². The van der Waals surface area contributed by atoms with Gasteiger partial charge in [-0.3, -0.25) is 4.79 Å². The summed E-state index contributed by atoms with van der Waals surface area (Å²) in [5.74, 6) is 0.221. The van der Waals surface area contributed by atoms with Gasteiger partial charge in [0.15, 0.2) is 0 Å². The summed E-state index contributed by atoms with van der Waals surface area (Å²) in [6, 6.07) is 19.9. The van der Waals surface area contributed by atoms with Gasteiger partial charge in [0, 0.05) is 13.1 Å². The molecule has 0 radical (unpaired) electrons. The lowest BCUT2D eigenvalue weighted by atomic mass is 9.94. The minimum atomic E-state index is -3.37. The molecule has 0 bridgehead atoms. The number of sulfonamides is 1. The van der Waals surface area contributed by atoms with Gasteiger partial charge < -0.3 is 5.32 Å². The molecular formula is C26H36N2O3S. The Morgan fingerprint density at radius 2 is 1.72 bits per heavy atom. The molecule has 1 aliphatic heterocycles. The SMILES string of the molecule is CC(C)C[C@H](NC(=O)[C@@H]1CCCN(S(=O)(=O)CCCc2ccccc2)C1)c1ccccc1. The van der Waals surface area contributed by atoms with Crippen molar-refractivity contribution >= 4 is 15.9 Å². The predicted molar refractivity (Wildman–Crippen MR) is 130 cm³/mol. The highest BCUT2D eigenvalue weighted by Gasteiger charge is 2.33. The summed E-state index contributed by atoms with van der Waals surface area (Å²) in [6.07, 6.45) is 3.63. The topological polar surface area (TPSA) is 66.5 Å². The van der Waals surface area contributed by atoms with E-state index in [0.717, 1.165) is 36.8 Å². The fourth-order valence-corrected chi connectivity index (χ4v) is 5.95. The monoisotopic (exact) mass is 456 g/mol. The van der Waals surface area contributed by atoms with E-state index < -0.39 is 10.0 Å². The predicted octanol–water partition coefficient (Wildman–Crippen LogP) is 4.56. The molecule has 0 saturated carbocycles. The van der Waals surface area contributed by atoms with Crippen LogP contribution in [0.1, 0.15) is 56.7 Å². The third-order valence-corrected chi connectivity index (χ3v) is 8.01. The first-order valence-electron chi connectivity index (χ1n) is 11.7. The molecule has 0 aliphatic carbocycles. The van der Waals surface area contributed by atoms with Crippen molar-refractivity contribution in [3.8, 4) is 0 Å². The van der Waals surface area contributed by atoms with Crippen LogP contribution in [0.15, 0.2) is 60.7 Å². The molecule has 1 heterocycles. The minimum Gasteiger partial charge on any atom is -0.349 e. The second kappa shape index (κ2) is 11.6. The number of aryl methyl sites for hydroxylation is 1. The van der Waals surface area contributed by atoms with Crippen molar-refractivity contribution in [2.45, 2.75) is 52.0 Å². The minimum absolute atomic E-state index is 0.0383. The lowest BCUT2D eigenvalue weighted by Gasteiger charge is -2.32. The van der Waals surface area contributed by atoms with Crippen LogP contribution in [0, 0.1) is 11.8 Å². The number of carbonyl (C=O) groups is 1. The highest BCUT2D eigenvalue weighted by Crippen LogP contribution is 2.25. The molecule has 2 aromatic carbocycles. The molecule has 1 N–H and O–H groups in total. The smallest absolute Gasteiger partial charge is 0.224 e. The molecule has 2 atom stereocenters. The lowest BCUT2D eigenvalue weighted by Crippen LogP contribution is -2.46. The number of hydrogen-bond acceptors (Lipinski definition) is 3. The Morgan fingerprint density at radius 1 is 1.06 bits per heavy atom. The number of carbonyl (C=O) groups excluding carboxylic acids is 1. The summed E-state index contributed by atoms with van der Waals surface area (Å²) in [6.45, 7) is 5.08. The number of rotatable bonds is 10. The van der Waals surface area contributed by atoms with Crippen LogP contribution in [-0.4, -0.2) is 37.5 Å². The van der Waals surface area contributed by atoms with Crippen LogP contribution in [0.4, 0.5) is 0 Å². The Labute approximate surface area is 193 Å². The molecule has 0 spiro atoms. The molecule has 3 rings (SSSR count). The molecule has 32 heavy (non-hydrogen) atoms. The van der Waals surface area contributed by atoms with Crippen molar-refractivity contribution in [1.82, 2.24) is 9.62 Å². The van der Waals surface area contributed by atoms with Crippen LogP contribution in [0.5, 0.6) is 0 Å². The van der Waals surface area contributed by atoms with Crippen molar-refractivity contribution in [3.05, 3.63) is 71.8 Å². The Bertz CT molecular complexity index is 946. The van der Waals surface area contributed by atoms with Crippen molar-refractivity contribution in [2.75, 3.05) is 18.8 Å². The van der Waals surface area contributed by atoms with Gasteiger partial charge in [-0.1, -0.05) is 74.5 Å². The molecule has 1 saturated heterocycles. The maximum Gasteiger partial charge on any atom is 0.224 e. The zero-order chi connectivity index (χ0) is 23.0. The molecule has 174 valence electrons. The molecular weight excluding hydrogens is 420 g/mol. The van der Waals surface area contributed by atoms with Crippen LogP contribution >= 0.6 is 0 Å². The Balaban J connectivity index is 1.58. The number of piperidine rings is 1. The molecule has 1 aliphatic rings. The van der Waals surface area contributed by atoms with E-state index in [9.17, 15) is 13.2 Å². The zero-order valence-electron chi connectivity index (χ0n) is 19.2. The zero-order valence-corrected chi connectivity index (χ0v) is 20.1. The quantitative estimate of drug-likeness (QED) is 0.570. The van der Waals surface area contributed by atoms with Crippen LogP contribution in [0.25, 0.3) is 0 Å². The number of nitrogens with one attached hydrogen (secondary N) is 1. The summed E-state index contributed by atoms with van der Waals surface area (Å²) in [5.41, 5.74) is 2.24. The van der Waals surface area contributed by atoms with Gasteiger partial charge in [0.25, 0.3) is 0 Å². The first-order valence-corrected chi connectivity index (χ1v) is 13.3. The first kappa shape index (κ1) is 24.5. The summed E-state index contributed by atoms with van der Waals surface area (Å²) in [4.78, 5) is 13.1. The van der Waals surface area contributed by atoms with E-state index in [2.05, 4.69) is 19.2 Å². The maximum absolute atomic E-state index is 13.1. The third kappa shape index (κ3) is 7.17. The highest BCUT2D eigenvalue weighted by atomic mass is 32.2. The van der Waals surface area contributed by atoms with Gasteiger partial charge in [0.1, 0.15) is 0 Å². The second-order valence-corrected chi connectivity index (χ2v) is 11.3. The summed E-state index contributed by atoms with van der Waals surface area (Å²) in [5, 5.41) is 3.21. The summed E-state index contributed by atoms with van der Waals surface area (Å²) < 4.78 is 27.4. The molecule has 2 aromatic rings. The van der Waals surface area contributed by atoms with E-state index in [-0.39, 0.29) is 30.2 Å².